The van der Waals surface area contributed by atoms with Crippen LogP contribution in [0.5, 0.6) is 5.75 Å². The minimum atomic E-state index is -4.46. The zero-order chi connectivity index (χ0) is 21.9. The fourth-order valence-corrected chi connectivity index (χ4v) is 3.73. The van der Waals surface area contributed by atoms with Gasteiger partial charge in [-0.15, -0.1) is 0 Å². The first-order valence-corrected chi connectivity index (χ1v) is 9.84. The van der Waals surface area contributed by atoms with Gasteiger partial charge in [0.05, 0.1) is 19.2 Å². The summed E-state index contributed by atoms with van der Waals surface area (Å²) < 4.78 is 45.0. The highest BCUT2D eigenvalue weighted by molar-refractivity contribution is 7.11. The topological polar surface area (TPSA) is 60.3 Å². The molecule has 158 valence electrons. The van der Waals surface area contributed by atoms with Crippen molar-refractivity contribution in [2.24, 2.45) is 0 Å². The quantitative estimate of drug-likeness (QED) is 0.591. The Bertz CT molecular complexity index is 1120. The zero-order valence-corrected chi connectivity index (χ0v) is 17.2. The molecule has 1 amide bonds. The number of benzene rings is 2. The smallest absolute Gasteiger partial charge is 0.416 e. The predicted molar refractivity (Wildman–Crippen MR) is 108 cm³/mol. The van der Waals surface area contributed by atoms with E-state index in [4.69, 9.17) is 16.3 Å². The molecule has 1 N–H and O–H groups in total. The lowest BCUT2D eigenvalue weighted by Gasteiger charge is -2.09. The van der Waals surface area contributed by atoms with E-state index in [-0.39, 0.29) is 22.8 Å². The molecule has 0 aliphatic carbocycles. The van der Waals surface area contributed by atoms with Crippen LogP contribution in [0.1, 0.15) is 26.4 Å². The number of alkyl halides is 3. The molecule has 0 atom stereocenters. The molecule has 0 unspecified atom stereocenters. The van der Waals surface area contributed by atoms with Crippen molar-refractivity contribution in [1.82, 2.24) is 9.88 Å². The van der Waals surface area contributed by atoms with Crippen molar-refractivity contribution in [3.63, 3.8) is 0 Å². The summed E-state index contributed by atoms with van der Waals surface area (Å²) in [6.07, 6.45) is -3.06. The Kier molecular flexibility index (Phi) is 6.52. The van der Waals surface area contributed by atoms with Gasteiger partial charge in [-0.2, -0.15) is 13.2 Å². The van der Waals surface area contributed by atoms with Gasteiger partial charge in [0.25, 0.3) is 5.91 Å². The van der Waals surface area contributed by atoms with Gasteiger partial charge in [0, 0.05) is 23.3 Å². The minimum Gasteiger partial charge on any atom is -0.496 e. The van der Waals surface area contributed by atoms with Crippen LogP contribution in [0.4, 0.5) is 13.2 Å². The Morgan fingerprint density at radius 3 is 2.70 bits per heavy atom. The number of hydrogen-bond donors (Lipinski definition) is 1. The third-order valence-electron chi connectivity index (χ3n) is 4.22. The number of hydrogen-bond acceptors (Lipinski definition) is 4. The summed E-state index contributed by atoms with van der Waals surface area (Å²) >= 11 is 6.74. The highest BCUT2D eigenvalue weighted by Crippen LogP contribution is 2.29. The molecule has 0 aliphatic rings. The summed E-state index contributed by atoms with van der Waals surface area (Å²) in [6.45, 7) is 0.0525. The number of methoxy groups -OCH3 is 1. The SMILES string of the molecule is COc1ccc(Cl)cc1Cn1cc(C(=O)NCc2cccc(C(F)(F)F)c2)sc1=O. The van der Waals surface area contributed by atoms with Crippen LogP contribution in [-0.2, 0) is 19.3 Å². The highest BCUT2D eigenvalue weighted by Gasteiger charge is 2.30. The van der Waals surface area contributed by atoms with Crippen molar-refractivity contribution >= 4 is 28.8 Å². The Hall–Kier alpha value is -2.78. The molecule has 3 rings (SSSR count). The minimum absolute atomic E-state index is 0.100. The van der Waals surface area contributed by atoms with E-state index < -0.39 is 17.6 Å². The first kappa shape index (κ1) is 21.9. The van der Waals surface area contributed by atoms with E-state index >= 15 is 0 Å². The molecule has 0 spiro atoms. The number of nitrogens with one attached hydrogen (secondary N) is 1. The molecule has 1 aromatic heterocycles. The monoisotopic (exact) mass is 456 g/mol. The van der Waals surface area contributed by atoms with Crippen molar-refractivity contribution in [1.29, 1.82) is 0 Å². The number of nitrogens with zero attached hydrogens (tertiary/aromatic N) is 1. The van der Waals surface area contributed by atoms with Crippen molar-refractivity contribution in [2.75, 3.05) is 7.11 Å². The average Bonchev–Trinajstić information content (AvgIpc) is 3.06. The molecule has 3 aromatic rings. The van der Waals surface area contributed by atoms with Gasteiger partial charge in [-0.05, 0) is 35.9 Å². The van der Waals surface area contributed by atoms with Gasteiger partial charge in [-0.1, -0.05) is 35.1 Å². The largest absolute Gasteiger partial charge is 0.496 e. The van der Waals surface area contributed by atoms with Crippen molar-refractivity contribution in [2.45, 2.75) is 19.3 Å². The van der Waals surface area contributed by atoms with Crippen molar-refractivity contribution < 1.29 is 22.7 Å². The van der Waals surface area contributed by atoms with E-state index in [9.17, 15) is 22.8 Å². The van der Waals surface area contributed by atoms with Crippen LogP contribution in [0.15, 0.2) is 53.5 Å². The van der Waals surface area contributed by atoms with E-state index in [1.807, 2.05) is 0 Å². The molecule has 0 saturated heterocycles. The molecule has 0 fully saturated rings. The number of carbonyl (C=O) groups is 1. The first-order valence-electron chi connectivity index (χ1n) is 8.64. The van der Waals surface area contributed by atoms with Gasteiger partial charge >= 0.3 is 11.0 Å². The number of thiazole rings is 1. The highest BCUT2D eigenvalue weighted by atomic mass is 35.5. The van der Waals surface area contributed by atoms with E-state index in [0.29, 0.717) is 21.9 Å². The number of carbonyl (C=O) groups excluding carboxylic acids is 1. The first-order chi connectivity index (χ1) is 14.2. The van der Waals surface area contributed by atoms with Gasteiger partial charge in [0.2, 0.25) is 0 Å². The lowest BCUT2D eigenvalue weighted by atomic mass is 10.1. The molecule has 10 heteroatoms. The molecule has 2 aromatic carbocycles. The predicted octanol–water partition coefficient (Wildman–Crippen LogP) is 4.57. The second-order valence-corrected chi connectivity index (χ2v) is 7.76. The molecule has 5 nitrogen and oxygen atoms in total. The fourth-order valence-electron chi connectivity index (χ4n) is 2.77. The van der Waals surface area contributed by atoms with Crippen LogP contribution in [0.2, 0.25) is 5.02 Å². The third kappa shape index (κ3) is 5.22. The lowest BCUT2D eigenvalue weighted by molar-refractivity contribution is -0.137. The van der Waals surface area contributed by atoms with Crippen LogP contribution in [0.3, 0.4) is 0 Å². The molecule has 1 heterocycles. The maximum Gasteiger partial charge on any atom is 0.416 e. The van der Waals surface area contributed by atoms with Crippen molar-refractivity contribution in [3.05, 3.63) is 84.9 Å². The van der Waals surface area contributed by atoms with Gasteiger partial charge in [0.1, 0.15) is 10.6 Å². The Morgan fingerprint density at radius 1 is 1.23 bits per heavy atom. The fraction of sp³-hybridized carbons (Fsp3) is 0.200. The van der Waals surface area contributed by atoms with Crippen LogP contribution < -0.4 is 14.9 Å². The number of halogens is 4. The summed E-state index contributed by atoms with van der Waals surface area (Å²) in [6, 6.07) is 9.69. The molecular weight excluding hydrogens is 441 g/mol. The molecule has 0 aliphatic heterocycles. The lowest BCUT2D eigenvalue weighted by Crippen LogP contribution is -2.22. The number of ether oxygens (including phenoxy) is 1. The molecular formula is C20H16ClF3N2O3S. The van der Waals surface area contributed by atoms with E-state index in [2.05, 4.69) is 5.32 Å². The number of aromatic nitrogens is 1. The van der Waals surface area contributed by atoms with Crippen LogP contribution in [0.25, 0.3) is 0 Å². The maximum atomic E-state index is 12.8. The van der Waals surface area contributed by atoms with Gasteiger partial charge in [0.15, 0.2) is 0 Å². The molecule has 0 bridgehead atoms. The maximum absolute atomic E-state index is 12.8. The number of rotatable bonds is 6. The van der Waals surface area contributed by atoms with Crippen LogP contribution in [0, 0.1) is 0 Å². The van der Waals surface area contributed by atoms with Gasteiger partial charge in [-0.25, -0.2) is 0 Å². The van der Waals surface area contributed by atoms with Gasteiger partial charge in [-0.3, -0.25) is 9.59 Å². The Morgan fingerprint density at radius 2 is 2.00 bits per heavy atom. The Labute approximate surface area is 178 Å². The summed E-state index contributed by atoms with van der Waals surface area (Å²) in [5.41, 5.74) is 0.176. The summed E-state index contributed by atoms with van der Waals surface area (Å²) in [4.78, 5) is 24.4. The summed E-state index contributed by atoms with van der Waals surface area (Å²) in [7, 11) is 1.50. The molecule has 0 saturated carbocycles. The molecule has 30 heavy (non-hydrogen) atoms. The second-order valence-electron chi connectivity index (χ2n) is 6.33. The number of amides is 1. The summed E-state index contributed by atoms with van der Waals surface area (Å²) in [5, 5.41) is 3.02. The van der Waals surface area contributed by atoms with Gasteiger partial charge < -0.3 is 14.6 Å². The van der Waals surface area contributed by atoms with E-state index in [0.717, 1.165) is 23.5 Å². The standard InChI is InChI=1S/C20H16ClF3N2O3S/c1-29-16-6-5-15(21)8-13(16)10-26-11-17(30-19(26)28)18(27)25-9-12-3-2-4-14(7-12)20(22,23)24/h2-8,11H,9-10H2,1H3,(H,25,27). The third-order valence-corrected chi connectivity index (χ3v) is 5.37. The average molecular weight is 457 g/mol. The Balaban J connectivity index is 1.72. The summed E-state index contributed by atoms with van der Waals surface area (Å²) in [5.74, 6) is -0.000584. The van der Waals surface area contributed by atoms with Crippen LogP contribution >= 0.6 is 22.9 Å². The van der Waals surface area contributed by atoms with E-state index in [1.54, 1.807) is 18.2 Å². The second kappa shape index (κ2) is 8.93. The van der Waals surface area contributed by atoms with E-state index in [1.165, 1.54) is 30.0 Å². The zero-order valence-electron chi connectivity index (χ0n) is 15.6. The van der Waals surface area contributed by atoms with Crippen LogP contribution in [-0.4, -0.2) is 17.6 Å². The normalized spacial score (nSPS) is 11.4. The van der Waals surface area contributed by atoms with Crippen molar-refractivity contribution in [3.8, 4) is 5.75 Å². The molecule has 0 radical (unpaired) electrons.